The fraction of sp³-hybridized carbons (Fsp3) is 0.692. The van der Waals surface area contributed by atoms with E-state index in [4.69, 9.17) is 4.74 Å². The molecule has 1 aromatic rings. The predicted octanol–water partition coefficient (Wildman–Crippen LogP) is 3.65. The molecule has 1 spiro atoms. The number of halogens is 1. The van der Waals surface area contributed by atoms with Crippen molar-refractivity contribution in [2.24, 2.45) is 11.3 Å². The number of nitrogens with one attached hydrogen (secondary N) is 2. The Morgan fingerprint density at radius 3 is 2.45 bits per heavy atom. The maximum Gasteiger partial charge on any atom is 0.242 e. The Kier molecular flexibility index (Phi) is 9.68. The Balaban J connectivity index is 1.69. The highest BCUT2D eigenvalue weighted by atomic mass is 19.1. The summed E-state index contributed by atoms with van der Waals surface area (Å²) < 4.78 is 18.9. The molecule has 0 bridgehead atoms. The molecule has 0 saturated carbocycles. The lowest BCUT2D eigenvalue weighted by Gasteiger charge is -2.41. The first kappa shape index (κ1) is 25.6. The van der Waals surface area contributed by atoms with E-state index in [1.54, 1.807) is 0 Å². The second kappa shape index (κ2) is 12.5. The summed E-state index contributed by atoms with van der Waals surface area (Å²) in [7, 11) is 0. The summed E-state index contributed by atoms with van der Waals surface area (Å²) in [5.41, 5.74) is 0.618. The quantitative estimate of drug-likeness (QED) is 0.718. The maximum absolute atomic E-state index is 13.6. The number of likely N-dealkylation sites (tertiary alicyclic amines) is 1. The molecule has 2 heterocycles. The highest BCUT2D eigenvalue weighted by Crippen LogP contribution is 2.38. The molecular weight excluding hydrogens is 421 g/mol. The van der Waals surface area contributed by atoms with E-state index in [-0.39, 0.29) is 17.6 Å². The summed E-state index contributed by atoms with van der Waals surface area (Å²) in [6.07, 6.45) is 5.61. The Labute approximate surface area is 197 Å². The molecule has 2 amide bonds. The smallest absolute Gasteiger partial charge is 0.242 e. The van der Waals surface area contributed by atoms with Gasteiger partial charge in [0.05, 0.1) is 5.41 Å². The van der Waals surface area contributed by atoms with Crippen LogP contribution in [-0.4, -0.2) is 55.6 Å². The molecule has 2 N–H and O–H groups in total. The van der Waals surface area contributed by atoms with Gasteiger partial charge in [-0.25, -0.2) is 4.39 Å². The van der Waals surface area contributed by atoms with Crippen molar-refractivity contribution < 1.29 is 18.7 Å². The molecule has 0 radical (unpaired) electrons. The SMILES string of the molecule is CC(C)C[C@@H]1NC(=O)C2(CCCCOCCCNC1=O)CCN(Cc1ccc(F)cc1)CC2. The van der Waals surface area contributed by atoms with Crippen molar-refractivity contribution in [3.63, 3.8) is 0 Å². The van der Waals surface area contributed by atoms with Crippen LogP contribution in [0.3, 0.4) is 0 Å². The highest BCUT2D eigenvalue weighted by molar-refractivity contribution is 5.90. The molecule has 2 saturated heterocycles. The number of hydrogen-bond acceptors (Lipinski definition) is 4. The lowest BCUT2D eigenvalue weighted by atomic mass is 9.73. The minimum atomic E-state index is -0.504. The number of nitrogens with zero attached hydrogens (tertiary/aromatic N) is 1. The molecule has 3 rings (SSSR count). The molecule has 7 heteroatoms. The first-order valence-electron chi connectivity index (χ1n) is 12.5. The van der Waals surface area contributed by atoms with Gasteiger partial charge in [0.15, 0.2) is 0 Å². The summed E-state index contributed by atoms with van der Waals surface area (Å²) >= 11 is 0. The van der Waals surface area contributed by atoms with E-state index in [2.05, 4.69) is 29.4 Å². The molecule has 33 heavy (non-hydrogen) atoms. The van der Waals surface area contributed by atoms with Crippen molar-refractivity contribution in [2.75, 3.05) is 32.8 Å². The zero-order valence-corrected chi connectivity index (χ0v) is 20.2. The average molecular weight is 462 g/mol. The maximum atomic E-state index is 13.6. The zero-order chi connectivity index (χ0) is 23.7. The summed E-state index contributed by atoms with van der Waals surface area (Å²) in [5.74, 6) is -0.00537. The van der Waals surface area contributed by atoms with Gasteiger partial charge in [-0.3, -0.25) is 14.5 Å². The van der Waals surface area contributed by atoms with Gasteiger partial charge in [0, 0.05) is 26.3 Å². The molecule has 1 atom stereocenters. The first-order chi connectivity index (χ1) is 15.9. The minimum absolute atomic E-state index is 0.0164. The topological polar surface area (TPSA) is 70.7 Å². The molecule has 2 fully saturated rings. The van der Waals surface area contributed by atoms with Crippen LogP contribution in [0.4, 0.5) is 4.39 Å². The first-order valence-corrected chi connectivity index (χ1v) is 12.5. The van der Waals surface area contributed by atoms with Gasteiger partial charge in [0.2, 0.25) is 11.8 Å². The van der Waals surface area contributed by atoms with Crippen LogP contribution in [0.2, 0.25) is 0 Å². The van der Waals surface area contributed by atoms with E-state index in [9.17, 15) is 14.0 Å². The van der Waals surface area contributed by atoms with Gasteiger partial charge in [0.25, 0.3) is 0 Å². The monoisotopic (exact) mass is 461 g/mol. The fourth-order valence-corrected chi connectivity index (χ4v) is 4.87. The molecule has 184 valence electrons. The van der Waals surface area contributed by atoms with Gasteiger partial charge in [-0.15, -0.1) is 0 Å². The Morgan fingerprint density at radius 2 is 1.76 bits per heavy atom. The Hall–Kier alpha value is -1.99. The van der Waals surface area contributed by atoms with Crippen LogP contribution in [0.25, 0.3) is 0 Å². The van der Waals surface area contributed by atoms with E-state index in [1.165, 1.54) is 12.1 Å². The molecular formula is C26H40FN3O3. The number of amides is 2. The van der Waals surface area contributed by atoms with Crippen molar-refractivity contribution in [2.45, 2.75) is 71.4 Å². The number of benzene rings is 1. The van der Waals surface area contributed by atoms with Crippen LogP contribution in [0, 0.1) is 17.2 Å². The van der Waals surface area contributed by atoms with E-state index in [0.717, 1.165) is 63.7 Å². The van der Waals surface area contributed by atoms with Crippen LogP contribution in [-0.2, 0) is 20.9 Å². The van der Waals surface area contributed by atoms with Crippen molar-refractivity contribution in [1.29, 1.82) is 0 Å². The summed E-state index contributed by atoms with van der Waals surface area (Å²) in [6, 6.07) is 6.13. The van der Waals surface area contributed by atoms with E-state index < -0.39 is 11.5 Å². The second-order valence-corrected chi connectivity index (χ2v) is 10.1. The number of piperidine rings is 1. The summed E-state index contributed by atoms with van der Waals surface area (Å²) in [4.78, 5) is 28.8. The predicted molar refractivity (Wildman–Crippen MR) is 127 cm³/mol. The Bertz CT molecular complexity index is 761. The number of rotatable bonds is 4. The van der Waals surface area contributed by atoms with Crippen LogP contribution >= 0.6 is 0 Å². The van der Waals surface area contributed by atoms with Gasteiger partial charge in [-0.2, -0.15) is 0 Å². The van der Waals surface area contributed by atoms with Crippen LogP contribution in [0.1, 0.15) is 64.4 Å². The largest absolute Gasteiger partial charge is 0.381 e. The number of hydrogen-bond donors (Lipinski definition) is 2. The second-order valence-electron chi connectivity index (χ2n) is 10.1. The normalized spacial score (nSPS) is 23.7. The molecule has 1 aromatic carbocycles. The van der Waals surface area contributed by atoms with Gasteiger partial charge in [0.1, 0.15) is 11.9 Å². The van der Waals surface area contributed by atoms with E-state index >= 15 is 0 Å². The van der Waals surface area contributed by atoms with Gasteiger partial charge in [-0.05, 0) is 75.2 Å². The van der Waals surface area contributed by atoms with Crippen LogP contribution in [0.15, 0.2) is 24.3 Å². The zero-order valence-electron chi connectivity index (χ0n) is 20.2. The third-order valence-electron chi connectivity index (χ3n) is 6.90. The lowest BCUT2D eigenvalue weighted by Crippen LogP contribution is -2.55. The number of carbonyl (C=O) groups is 2. The van der Waals surface area contributed by atoms with Crippen LogP contribution in [0.5, 0.6) is 0 Å². The third-order valence-corrected chi connectivity index (χ3v) is 6.90. The molecule has 2 aliphatic rings. The van der Waals surface area contributed by atoms with E-state index in [1.807, 2.05) is 12.1 Å². The molecule has 0 aliphatic carbocycles. The standard InChI is InChI=1S/C26H40FN3O3/c1-20(2)18-23-24(31)28-13-5-17-33-16-4-3-10-26(25(32)29-23)11-14-30(15-12-26)19-21-6-8-22(27)9-7-21/h6-9,20,23H,3-5,10-19H2,1-2H3,(H,28,31)(H,29,32)/t23-/m0/s1. The Morgan fingerprint density at radius 1 is 1.06 bits per heavy atom. The molecule has 2 aliphatic heterocycles. The molecule has 0 aromatic heterocycles. The van der Waals surface area contributed by atoms with Gasteiger partial charge < -0.3 is 15.4 Å². The molecule has 6 nitrogen and oxygen atoms in total. The third kappa shape index (κ3) is 7.78. The van der Waals surface area contributed by atoms with Crippen molar-refractivity contribution in [1.82, 2.24) is 15.5 Å². The fourth-order valence-electron chi connectivity index (χ4n) is 4.87. The van der Waals surface area contributed by atoms with Crippen molar-refractivity contribution in [3.8, 4) is 0 Å². The summed E-state index contributed by atoms with van der Waals surface area (Å²) in [6.45, 7) is 8.41. The number of ether oxygens (including phenoxy) is 1. The minimum Gasteiger partial charge on any atom is -0.381 e. The van der Waals surface area contributed by atoms with Crippen molar-refractivity contribution in [3.05, 3.63) is 35.6 Å². The summed E-state index contributed by atoms with van der Waals surface area (Å²) in [5, 5.41) is 6.11. The van der Waals surface area contributed by atoms with Gasteiger partial charge >= 0.3 is 0 Å². The van der Waals surface area contributed by atoms with E-state index in [0.29, 0.717) is 32.1 Å². The molecule has 0 unspecified atom stereocenters. The highest BCUT2D eigenvalue weighted by Gasteiger charge is 2.42. The van der Waals surface area contributed by atoms with Gasteiger partial charge in [-0.1, -0.05) is 32.4 Å². The van der Waals surface area contributed by atoms with Crippen molar-refractivity contribution >= 4 is 11.8 Å². The lowest BCUT2D eigenvalue weighted by molar-refractivity contribution is -0.138. The average Bonchev–Trinajstić information content (AvgIpc) is 2.79. The number of carbonyl (C=O) groups excluding carboxylic acids is 2. The van der Waals surface area contributed by atoms with Crippen LogP contribution < -0.4 is 10.6 Å².